The minimum Gasteiger partial charge on any atom is -0.203 e. The van der Waals surface area contributed by atoms with Crippen LogP contribution in [-0.2, 0) is 12.8 Å². The van der Waals surface area contributed by atoms with Gasteiger partial charge in [-0.3, -0.25) is 0 Å². The Morgan fingerprint density at radius 3 is 2.18 bits per heavy atom. The van der Waals surface area contributed by atoms with Gasteiger partial charge in [-0.25, -0.2) is 8.78 Å². The van der Waals surface area contributed by atoms with Gasteiger partial charge in [-0.05, 0) is 60.1 Å². The second kappa shape index (κ2) is 9.67. The van der Waals surface area contributed by atoms with E-state index in [1.54, 1.807) is 12.1 Å². The van der Waals surface area contributed by atoms with E-state index in [4.69, 9.17) is 0 Å². The minimum absolute atomic E-state index is 0.356. The molecule has 0 heterocycles. The van der Waals surface area contributed by atoms with E-state index in [0.29, 0.717) is 23.5 Å². The van der Waals surface area contributed by atoms with Crippen LogP contribution >= 0.6 is 0 Å². The van der Waals surface area contributed by atoms with Crippen molar-refractivity contribution in [2.24, 2.45) is 17.8 Å². The number of halogens is 2. The number of benzene rings is 2. The van der Waals surface area contributed by atoms with E-state index in [1.807, 2.05) is 19.1 Å². The second-order valence-electron chi connectivity index (χ2n) is 8.72. The largest absolute Gasteiger partial charge is 0.203 e. The van der Waals surface area contributed by atoms with Crippen molar-refractivity contribution < 1.29 is 8.78 Å². The summed E-state index contributed by atoms with van der Waals surface area (Å²) in [5.41, 5.74) is 2.86. The Bertz CT molecular complexity index is 755. The third kappa shape index (κ3) is 4.82. The topological polar surface area (TPSA) is 0 Å². The maximum Gasteiger partial charge on any atom is 0.166 e. The fraction of sp³-hybridized carbons (Fsp3) is 0.538. The first-order chi connectivity index (χ1) is 13.5. The van der Waals surface area contributed by atoms with Crippen molar-refractivity contribution in [1.29, 1.82) is 0 Å². The zero-order valence-electron chi connectivity index (χ0n) is 17.6. The molecule has 0 aliphatic heterocycles. The Kier molecular flexibility index (Phi) is 7.26. The van der Waals surface area contributed by atoms with Gasteiger partial charge in [-0.15, -0.1) is 0 Å². The molecule has 0 aromatic heterocycles. The summed E-state index contributed by atoms with van der Waals surface area (Å²) in [4.78, 5) is 0. The number of hydrogen-bond acceptors (Lipinski definition) is 0. The molecule has 0 saturated heterocycles. The molecule has 0 radical (unpaired) electrons. The lowest BCUT2D eigenvalue weighted by Crippen LogP contribution is -2.21. The van der Waals surface area contributed by atoms with Gasteiger partial charge in [0, 0.05) is 5.56 Å². The van der Waals surface area contributed by atoms with E-state index >= 15 is 0 Å². The molecule has 1 aliphatic carbocycles. The molecule has 1 atom stereocenters. The third-order valence-electron chi connectivity index (χ3n) is 6.78. The summed E-state index contributed by atoms with van der Waals surface area (Å²) in [5, 5.41) is 0. The van der Waals surface area contributed by atoms with E-state index in [2.05, 4.69) is 26.0 Å². The summed E-state index contributed by atoms with van der Waals surface area (Å²) in [6.45, 7) is 6.65. The SMILES string of the molecule is CCCc1ccc(-c2ccc(CC(C)C3CCC(CC)CC3)cc2)c(F)c1F. The van der Waals surface area contributed by atoms with Crippen molar-refractivity contribution in [2.75, 3.05) is 0 Å². The summed E-state index contributed by atoms with van der Waals surface area (Å²) in [6.07, 6.45) is 9.22. The molecular formula is C26H34F2. The van der Waals surface area contributed by atoms with Crippen LogP contribution in [0.2, 0.25) is 0 Å². The molecule has 0 nitrogen and oxygen atoms in total. The molecule has 0 bridgehead atoms. The van der Waals surface area contributed by atoms with Gasteiger partial charge < -0.3 is 0 Å². The van der Waals surface area contributed by atoms with Crippen LogP contribution in [0.3, 0.4) is 0 Å². The van der Waals surface area contributed by atoms with E-state index in [9.17, 15) is 8.78 Å². The summed E-state index contributed by atoms with van der Waals surface area (Å²) in [6, 6.07) is 11.5. The van der Waals surface area contributed by atoms with E-state index in [1.165, 1.54) is 37.7 Å². The lowest BCUT2D eigenvalue weighted by Gasteiger charge is -2.32. The number of aryl methyl sites for hydroxylation is 1. The molecule has 0 amide bonds. The van der Waals surface area contributed by atoms with Crippen LogP contribution in [0.1, 0.15) is 70.4 Å². The molecule has 152 valence electrons. The number of hydrogen-bond donors (Lipinski definition) is 0. The van der Waals surface area contributed by atoms with Gasteiger partial charge in [0.05, 0.1) is 0 Å². The maximum absolute atomic E-state index is 14.5. The van der Waals surface area contributed by atoms with Gasteiger partial charge in [0.15, 0.2) is 11.6 Å². The van der Waals surface area contributed by atoms with E-state index in [0.717, 1.165) is 30.2 Å². The van der Waals surface area contributed by atoms with Crippen molar-refractivity contribution in [1.82, 2.24) is 0 Å². The average molecular weight is 385 g/mol. The lowest BCUT2D eigenvalue weighted by atomic mass is 9.74. The molecule has 2 aromatic carbocycles. The standard InChI is InChI=1S/C26H34F2/c1-4-6-23-15-16-24(26(28)25(23)27)22-13-9-20(10-14-22)17-18(3)21-11-7-19(5-2)8-12-21/h9-10,13-16,18-19,21H,4-8,11-12,17H2,1-3H3. The molecule has 1 fully saturated rings. The van der Waals surface area contributed by atoms with Crippen molar-refractivity contribution in [2.45, 2.75) is 72.1 Å². The van der Waals surface area contributed by atoms with Gasteiger partial charge in [-0.1, -0.05) is 82.9 Å². The highest BCUT2D eigenvalue weighted by Crippen LogP contribution is 2.36. The Morgan fingerprint density at radius 2 is 1.57 bits per heavy atom. The van der Waals surface area contributed by atoms with Crippen molar-refractivity contribution in [3.05, 3.63) is 59.2 Å². The molecule has 1 aliphatic rings. The van der Waals surface area contributed by atoms with Crippen molar-refractivity contribution in [3.63, 3.8) is 0 Å². The molecule has 1 unspecified atom stereocenters. The predicted octanol–water partition coefficient (Wildman–Crippen LogP) is 7.98. The van der Waals surface area contributed by atoms with Crippen molar-refractivity contribution in [3.8, 4) is 11.1 Å². The quantitative estimate of drug-likeness (QED) is 0.454. The predicted molar refractivity (Wildman–Crippen MR) is 114 cm³/mol. The Balaban J connectivity index is 1.66. The van der Waals surface area contributed by atoms with Crippen LogP contribution in [0, 0.1) is 29.4 Å². The first kappa shape index (κ1) is 21.0. The smallest absolute Gasteiger partial charge is 0.166 e. The number of rotatable bonds is 7. The highest BCUT2D eigenvalue weighted by molar-refractivity contribution is 5.65. The van der Waals surface area contributed by atoms with Crippen LogP contribution in [0.25, 0.3) is 11.1 Å². The van der Waals surface area contributed by atoms with Gasteiger partial charge >= 0.3 is 0 Å². The first-order valence-electron chi connectivity index (χ1n) is 11.1. The van der Waals surface area contributed by atoms with E-state index < -0.39 is 11.6 Å². The molecule has 1 saturated carbocycles. The van der Waals surface area contributed by atoms with Crippen LogP contribution in [0.5, 0.6) is 0 Å². The second-order valence-corrected chi connectivity index (χ2v) is 8.72. The first-order valence-corrected chi connectivity index (χ1v) is 11.1. The van der Waals surface area contributed by atoms with Crippen LogP contribution < -0.4 is 0 Å². The van der Waals surface area contributed by atoms with E-state index in [-0.39, 0.29) is 0 Å². The van der Waals surface area contributed by atoms with Gasteiger partial charge in [0.2, 0.25) is 0 Å². The Labute approximate surface area is 169 Å². The normalized spacial score (nSPS) is 20.9. The Hall–Kier alpha value is -1.70. The van der Waals surface area contributed by atoms with Gasteiger partial charge in [0.1, 0.15) is 0 Å². The molecule has 3 rings (SSSR count). The van der Waals surface area contributed by atoms with Gasteiger partial charge in [-0.2, -0.15) is 0 Å². The fourth-order valence-corrected chi connectivity index (χ4v) is 4.80. The monoisotopic (exact) mass is 384 g/mol. The summed E-state index contributed by atoms with van der Waals surface area (Å²) < 4.78 is 28.8. The maximum atomic E-state index is 14.5. The average Bonchev–Trinajstić information content (AvgIpc) is 2.72. The Morgan fingerprint density at radius 1 is 0.893 bits per heavy atom. The molecule has 2 aromatic rings. The molecule has 2 heteroatoms. The molecular weight excluding hydrogens is 350 g/mol. The highest BCUT2D eigenvalue weighted by atomic mass is 19.2. The summed E-state index contributed by atoms with van der Waals surface area (Å²) >= 11 is 0. The lowest BCUT2D eigenvalue weighted by molar-refractivity contribution is 0.210. The van der Waals surface area contributed by atoms with Crippen LogP contribution in [-0.4, -0.2) is 0 Å². The zero-order chi connectivity index (χ0) is 20.1. The summed E-state index contributed by atoms with van der Waals surface area (Å²) in [7, 11) is 0. The van der Waals surface area contributed by atoms with Crippen LogP contribution in [0.15, 0.2) is 36.4 Å². The molecule has 28 heavy (non-hydrogen) atoms. The fourth-order valence-electron chi connectivity index (χ4n) is 4.80. The zero-order valence-corrected chi connectivity index (χ0v) is 17.6. The molecule has 0 N–H and O–H groups in total. The minimum atomic E-state index is -0.722. The van der Waals surface area contributed by atoms with Crippen LogP contribution in [0.4, 0.5) is 8.78 Å². The van der Waals surface area contributed by atoms with Crippen molar-refractivity contribution >= 4 is 0 Å². The van der Waals surface area contributed by atoms with Gasteiger partial charge in [0.25, 0.3) is 0 Å². The molecule has 0 spiro atoms. The summed E-state index contributed by atoms with van der Waals surface area (Å²) in [5.74, 6) is 1.01. The third-order valence-corrected chi connectivity index (χ3v) is 6.78. The highest BCUT2D eigenvalue weighted by Gasteiger charge is 2.24.